The Morgan fingerprint density at radius 2 is 2.05 bits per heavy atom. The van der Waals surface area contributed by atoms with Crippen molar-refractivity contribution in [2.45, 2.75) is 43.8 Å². The summed E-state index contributed by atoms with van der Waals surface area (Å²) in [5.41, 5.74) is 2.93. The van der Waals surface area contributed by atoms with Crippen molar-refractivity contribution in [3.8, 4) is 6.07 Å². The molecule has 19 heavy (non-hydrogen) atoms. The Morgan fingerprint density at radius 3 is 2.68 bits per heavy atom. The Balaban J connectivity index is 2.11. The van der Waals surface area contributed by atoms with Crippen molar-refractivity contribution in [2.75, 3.05) is 18.1 Å². The van der Waals surface area contributed by atoms with Crippen LogP contribution in [0.5, 0.6) is 0 Å². The molecule has 1 aliphatic carbocycles. The van der Waals surface area contributed by atoms with E-state index in [9.17, 15) is 5.26 Å². The van der Waals surface area contributed by atoms with Crippen LogP contribution in [-0.4, -0.2) is 17.5 Å². The summed E-state index contributed by atoms with van der Waals surface area (Å²) in [5.74, 6) is 0. The van der Waals surface area contributed by atoms with E-state index in [1.54, 1.807) is 0 Å². The minimum absolute atomic E-state index is 0.354. The average Bonchev–Trinajstić information content (AvgIpc) is 2.46. The summed E-state index contributed by atoms with van der Waals surface area (Å²) < 4.78 is 0.354. The Morgan fingerprint density at radius 1 is 1.32 bits per heavy atom. The van der Waals surface area contributed by atoms with Crippen molar-refractivity contribution >= 4 is 17.4 Å². The van der Waals surface area contributed by atoms with Crippen LogP contribution in [0.3, 0.4) is 0 Å². The highest BCUT2D eigenvalue weighted by Gasteiger charge is 2.31. The molecule has 102 valence electrons. The molecule has 0 amide bonds. The zero-order valence-electron chi connectivity index (χ0n) is 11.8. The van der Waals surface area contributed by atoms with Crippen LogP contribution in [0.2, 0.25) is 0 Å². The van der Waals surface area contributed by atoms with Crippen LogP contribution in [0.25, 0.3) is 0 Å². The number of nitrogens with zero attached hydrogens (tertiary/aromatic N) is 1. The van der Waals surface area contributed by atoms with Crippen molar-refractivity contribution < 1.29 is 0 Å². The zero-order chi connectivity index (χ0) is 13.7. The molecule has 0 atom stereocenters. The number of rotatable bonds is 4. The van der Waals surface area contributed by atoms with E-state index in [1.807, 2.05) is 23.9 Å². The smallest absolute Gasteiger partial charge is 0.101 e. The van der Waals surface area contributed by atoms with Gasteiger partial charge in [-0.15, -0.1) is 0 Å². The van der Waals surface area contributed by atoms with Gasteiger partial charge in [-0.1, -0.05) is 31.4 Å². The third kappa shape index (κ3) is 3.25. The molecule has 0 aliphatic heterocycles. The number of hydrogen-bond acceptors (Lipinski definition) is 3. The fourth-order valence-corrected chi connectivity index (χ4v) is 3.81. The largest absolute Gasteiger partial charge is 0.382 e. The lowest BCUT2D eigenvalue weighted by atomic mass is 9.88. The van der Waals surface area contributed by atoms with Gasteiger partial charge in [0, 0.05) is 11.3 Å². The summed E-state index contributed by atoms with van der Waals surface area (Å²) in [5, 5.41) is 12.8. The van der Waals surface area contributed by atoms with Gasteiger partial charge in [0.15, 0.2) is 0 Å². The molecule has 2 rings (SSSR count). The molecule has 2 nitrogen and oxygen atoms in total. The molecule has 0 aromatic heterocycles. The first-order valence-corrected chi connectivity index (χ1v) is 8.22. The van der Waals surface area contributed by atoms with Crippen molar-refractivity contribution in [1.29, 1.82) is 5.26 Å². The molecular formula is C16H22N2S. The number of nitriles is 1. The number of aryl methyl sites for hydroxylation is 1. The molecule has 0 spiro atoms. The molecule has 0 radical (unpaired) electrons. The first kappa shape index (κ1) is 14.3. The van der Waals surface area contributed by atoms with E-state index >= 15 is 0 Å². The summed E-state index contributed by atoms with van der Waals surface area (Å²) in [6.45, 7) is 3.03. The lowest BCUT2D eigenvalue weighted by Gasteiger charge is -2.36. The monoisotopic (exact) mass is 274 g/mol. The highest BCUT2D eigenvalue weighted by Crippen LogP contribution is 2.39. The van der Waals surface area contributed by atoms with Crippen molar-refractivity contribution in [3.63, 3.8) is 0 Å². The van der Waals surface area contributed by atoms with Crippen LogP contribution in [-0.2, 0) is 0 Å². The SMILES string of the molecule is CSC1(CNc2c(C)cccc2C#N)CCCCC1. The van der Waals surface area contributed by atoms with Crippen LogP contribution < -0.4 is 5.32 Å². The van der Waals surface area contributed by atoms with Crippen LogP contribution in [0.1, 0.15) is 43.2 Å². The van der Waals surface area contributed by atoms with Gasteiger partial charge in [-0.2, -0.15) is 17.0 Å². The average molecular weight is 274 g/mol. The van der Waals surface area contributed by atoms with Gasteiger partial charge in [0.05, 0.1) is 11.3 Å². The summed E-state index contributed by atoms with van der Waals surface area (Å²) in [4.78, 5) is 0. The van der Waals surface area contributed by atoms with E-state index < -0.39 is 0 Å². The predicted molar refractivity (Wildman–Crippen MR) is 83.7 cm³/mol. The summed E-state index contributed by atoms with van der Waals surface area (Å²) in [6.07, 6.45) is 8.83. The second kappa shape index (κ2) is 6.34. The number of anilines is 1. The van der Waals surface area contributed by atoms with Crippen molar-refractivity contribution in [1.82, 2.24) is 0 Å². The number of benzene rings is 1. The molecule has 1 aliphatic rings. The molecule has 0 bridgehead atoms. The standard InChI is InChI=1S/C16H22N2S/c1-13-7-6-8-14(11-17)15(13)18-12-16(19-2)9-4-3-5-10-16/h6-8,18H,3-5,9-10,12H2,1-2H3. The second-order valence-corrected chi connectivity index (χ2v) is 6.68. The van der Waals surface area contributed by atoms with Gasteiger partial charge < -0.3 is 5.32 Å². The number of nitrogens with one attached hydrogen (secondary N) is 1. The van der Waals surface area contributed by atoms with Crippen LogP contribution >= 0.6 is 11.8 Å². The number of thioether (sulfide) groups is 1. The summed E-state index contributed by atoms with van der Waals surface area (Å²) in [6, 6.07) is 8.19. The summed E-state index contributed by atoms with van der Waals surface area (Å²) in [7, 11) is 0. The Labute approximate surface area is 120 Å². The van der Waals surface area contributed by atoms with Gasteiger partial charge >= 0.3 is 0 Å². The third-order valence-electron chi connectivity index (χ3n) is 4.18. The Bertz CT molecular complexity index is 470. The lowest BCUT2D eigenvalue weighted by Crippen LogP contribution is -2.35. The molecule has 0 saturated heterocycles. The molecule has 0 unspecified atom stereocenters. The third-order valence-corrected chi connectivity index (χ3v) is 5.60. The predicted octanol–water partition coefficient (Wildman–Crippen LogP) is 4.34. The van der Waals surface area contributed by atoms with Crippen LogP contribution in [0, 0.1) is 18.3 Å². The summed E-state index contributed by atoms with van der Waals surface area (Å²) >= 11 is 1.99. The van der Waals surface area contributed by atoms with E-state index in [1.165, 1.54) is 32.1 Å². The fraction of sp³-hybridized carbons (Fsp3) is 0.562. The van der Waals surface area contributed by atoms with Gasteiger partial charge in [0.25, 0.3) is 0 Å². The topological polar surface area (TPSA) is 35.8 Å². The minimum Gasteiger partial charge on any atom is -0.382 e. The molecule has 1 fully saturated rings. The molecule has 3 heteroatoms. The molecule has 1 aromatic rings. The van der Waals surface area contributed by atoms with Gasteiger partial charge in [0.2, 0.25) is 0 Å². The van der Waals surface area contributed by atoms with Crippen molar-refractivity contribution in [2.24, 2.45) is 0 Å². The van der Waals surface area contributed by atoms with Gasteiger partial charge in [0.1, 0.15) is 6.07 Å². The minimum atomic E-state index is 0.354. The first-order valence-electron chi connectivity index (χ1n) is 6.99. The molecule has 1 aromatic carbocycles. The van der Waals surface area contributed by atoms with E-state index in [-0.39, 0.29) is 0 Å². The molecule has 1 saturated carbocycles. The maximum absolute atomic E-state index is 9.21. The highest BCUT2D eigenvalue weighted by atomic mass is 32.2. The molecule has 0 heterocycles. The van der Waals surface area contributed by atoms with E-state index in [0.717, 1.165) is 23.4 Å². The van der Waals surface area contributed by atoms with E-state index in [2.05, 4.69) is 30.6 Å². The molecular weight excluding hydrogens is 252 g/mol. The lowest BCUT2D eigenvalue weighted by molar-refractivity contribution is 0.411. The fourth-order valence-electron chi connectivity index (χ4n) is 2.89. The molecule has 1 N–H and O–H groups in total. The van der Waals surface area contributed by atoms with E-state index in [4.69, 9.17) is 0 Å². The van der Waals surface area contributed by atoms with Gasteiger partial charge in [-0.25, -0.2) is 0 Å². The van der Waals surface area contributed by atoms with Crippen LogP contribution in [0.4, 0.5) is 5.69 Å². The quantitative estimate of drug-likeness (QED) is 0.887. The number of para-hydroxylation sites is 1. The van der Waals surface area contributed by atoms with Crippen molar-refractivity contribution in [3.05, 3.63) is 29.3 Å². The zero-order valence-corrected chi connectivity index (χ0v) is 12.6. The maximum Gasteiger partial charge on any atom is 0.101 e. The normalized spacial score (nSPS) is 17.7. The van der Waals surface area contributed by atoms with Gasteiger partial charge in [-0.05, 0) is 37.7 Å². The number of hydrogen-bond donors (Lipinski definition) is 1. The van der Waals surface area contributed by atoms with Crippen LogP contribution in [0.15, 0.2) is 18.2 Å². The Kier molecular flexibility index (Phi) is 4.76. The first-order chi connectivity index (χ1) is 9.21. The van der Waals surface area contributed by atoms with E-state index in [0.29, 0.717) is 4.75 Å². The second-order valence-electron chi connectivity index (χ2n) is 5.41. The Hall–Kier alpha value is -1.14. The highest BCUT2D eigenvalue weighted by molar-refractivity contribution is 8.00. The maximum atomic E-state index is 9.21. The van der Waals surface area contributed by atoms with Gasteiger partial charge in [-0.3, -0.25) is 0 Å².